The van der Waals surface area contributed by atoms with Crippen molar-refractivity contribution in [2.75, 3.05) is 0 Å². The van der Waals surface area contributed by atoms with Gasteiger partial charge in [0, 0.05) is 0 Å². The van der Waals surface area contributed by atoms with Crippen LogP contribution >= 0.6 is 0 Å². The maximum atomic E-state index is 9.21. The minimum absolute atomic E-state index is 0.102. The van der Waals surface area contributed by atoms with Crippen molar-refractivity contribution in [1.82, 2.24) is 0 Å². The van der Waals surface area contributed by atoms with Gasteiger partial charge in [0.1, 0.15) is 0 Å². The van der Waals surface area contributed by atoms with Gasteiger partial charge in [-0.2, -0.15) is 0 Å². The molecule has 0 heterocycles. The fourth-order valence-electron chi connectivity index (χ4n) is 3.87. The van der Waals surface area contributed by atoms with E-state index in [1.165, 1.54) is 135 Å². The Morgan fingerprint density at radius 1 is 0.423 bits per heavy atom. The van der Waals surface area contributed by atoms with E-state index in [2.05, 4.69) is 6.92 Å². The zero-order valence-corrected chi connectivity index (χ0v) is 18.6. The molecule has 0 bridgehead atoms. The first-order valence-electron chi connectivity index (χ1n) is 12.5. The summed E-state index contributed by atoms with van der Waals surface area (Å²) in [6.07, 6.45) is 30.9. The standard InChI is InChI=1S/C25H52O/c1-3-4-5-6-7-8-9-10-11-12-13-14-15-16-17-18-19-20-21-22-23-24-25(2)26/h25-26H,3-24H2,1-2H3. The molecule has 0 spiro atoms. The molecule has 26 heavy (non-hydrogen) atoms. The summed E-state index contributed by atoms with van der Waals surface area (Å²) in [7, 11) is 0. The lowest BCUT2D eigenvalue weighted by Gasteiger charge is -2.05. The second-order valence-electron chi connectivity index (χ2n) is 8.71. The molecule has 158 valence electrons. The van der Waals surface area contributed by atoms with E-state index >= 15 is 0 Å². The third kappa shape index (κ3) is 24.0. The molecule has 0 aliphatic heterocycles. The van der Waals surface area contributed by atoms with Crippen molar-refractivity contribution in [2.45, 2.75) is 161 Å². The smallest absolute Gasteiger partial charge is 0.0512 e. The second-order valence-corrected chi connectivity index (χ2v) is 8.71. The highest BCUT2D eigenvalue weighted by Crippen LogP contribution is 2.15. The van der Waals surface area contributed by atoms with Crippen LogP contribution in [-0.4, -0.2) is 11.2 Å². The summed E-state index contributed by atoms with van der Waals surface area (Å²) in [5.41, 5.74) is 0. The molecule has 0 aromatic rings. The highest BCUT2D eigenvalue weighted by Gasteiger charge is 1.97. The predicted octanol–water partition coefficient (Wildman–Crippen LogP) is 8.97. The molecule has 1 N–H and O–H groups in total. The van der Waals surface area contributed by atoms with E-state index in [-0.39, 0.29) is 6.10 Å². The highest BCUT2D eigenvalue weighted by atomic mass is 16.3. The van der Waals surface area contributed by atoms with Crippen LogP contribution in [0.1, 0.15) is 155 Å². The fourth-order valence-corrected chi connectivity index (χ4v) is 3.87. The molecule has 0 aromatic heterocycles. The quantitative estimate of drug-likeness (QED) is 0.189. The molecular formula is C25H52O. The molecule has 0 saturated heterocycles. The first-order chi connectivity index (χ1) is 12.8. The molecule has 1 heteroatoms. The lowest BCUT2D eigenvalue weighted by atomic mass is 10.0. The summed E-state index contributed by atoms with van der Waals surface area (Å²) in [6, 6.07) is 0. The first-order valence-corrected chi connectivity index (χ1v) is 12.5. The van der Waals surface area contributed by atoms with Gasteiger partial charge in [-0.25, -0.2) is 0 Å². The molecule has 0 aliphatic carbocycles. The SMILES string of the molecule is CCCCCCCCCCCCCCCCCCCCCCCC(C)O. The van der Waals surface area contributed by atoms with Gasteiger partial charge < -0.3 is 5.11 Å². The van der Waals surface area contributed by atoms with Crippen LogP contribution in [-0.2, 0) is 0 Å². The van der Waals surface area contributed by atoms with Crippen LogP contribution in [0.3, 0.4) is 0 Å². The average Bonchev–Trinajstić information content (AvgIpc) is 2.62. The number of rotatable bonds is 22. The molecule has 0 amide bonds. The number of unbranched alkanes of at least 4 members (excludes halogenated alkanes) is 20. The molecule has 0 radical (unpaired) electrons. The Hall–Kier alpha value is -0.0400. The van der Waals surface area contributed by atoms with Gasteiger partial charge in [-0.1, -0.05) is 142 Å². The number of hydrogen-bond acceptors (Lipinski definition) is 1. The van der Waals surface area contributed by atoms with Gasteiger partial charge >= 0.3 is 0 Å². The van der Waals surface area contributed by atoms with Crippen LogP contribution in [0.4, 0.5) is 0 Å². The minimum Gasteiger partial charge on any atom is -0.393 e. The van der Waals surface area contributed by atoms with Crippen LogP contribution in [0.15, 0.2) is 0 Å². The van der Waals surface area contributed by atoms with Gasteiger partial charge in [0.15, 0.2) is 0 Å². The van der Waals surface area contributed by atoms with Crippen LogP contribution in [0.2, 0.25) is 0 Å². The largest absolute Gasteiger partial charge is 0.393 e. The van der Waals surface area contributed by atoms with Crippen molar-refractivity contribution < 1.29 is 5.11 Å². The van der Waals surface area contributed by atoms with Crippen molar-refractivity contribution in [3.8, 4) is 0 Å². The van der Waals surface area contributed by atoms with E-state index in [1.807, 2.05) is 6.92 Å². The van der Waals surface area contributed by atoms with E-state index in [9.17, 15) is 5.11 Å². The summed E-state index contributed by atoms with van der Waals surface area (Å²) in [5.74, 6) is 0. The van der Waals surface area contributed by atoms with Crippen LogP contribution in [0.5, 0.6) is 0 Å². The molecule has 0 fully saturated rings. The molecule has 1 nitrogen and oxygen atoms in total. The van der Waals surface area contributed by atoms with Gasteiger partial charge in [0.25, 0.3) is 0 Å². The Bertz CT molecular complexity index is 236. The lowest BCUT2D eigenvalue weighted by Crippen LogP contribution is -1.98. The summed E-state index contributed by atoms with van der Waals surface area (Å²) >= 11 is 0. The summed E-state index contributed by atoms with van der Waals surface area (Å²) < 4.78 is 0. The van der Waals surface area contributed by atoms with E-state index in [0.717, 1.165) is 6.42 Å². The Morgan fingerprint density at radius 2 is 0.654 bits per heavy atom. The van der Waals surface area contributed by atoms with Gasteiger partial charge in [0.2, 0.25) is 0 Å². The normalized spacial score (nSPS) is 12.6. The van der Waals surface area contributed by atoms with E-state index in [1.54, 1.807) is 0 Å². The second kappa shape index (κ2) is 23.0. The van der Waals surface area contributed by atoms with Crippen molar-refractivity contribution in [1.29, 1.82) is 0 Å². The Labute approximate surface area is 166 Å². The zero-order chi connectivity index (χ0) is 19.1. The molecular weight excluding hydrogens is 316 g/mol. The third-order valence-electron chi connectivity index (χ3n) is 5.73. The van der Waals surface area contributed by atoms with E-state index in [0.29, 0.717) is 0 Å². The molecule has 1 unspecified atom stereocenters. The van der Waals surface area contributed by atoms with Crippen molar-refractivity contribution in [3.63, 3.8) is 0 Å². The predicted molar refractivity (Wildman–Crippen MR) is 119 cm³/mol. The van der Waals surface area contributed by atoms with E-state index < -0.39 is 0 Å². The van der Waals surface area contributed by atoms with Crippen LogP contribution < -0.4 is 0 Å². The number of hydrogen-bond donors (Lipinski definition) is 1. The maximum absolute atomic E-state index is 9.21. The minimum atomic E-state index is -0.102. The fraction of sp³-hybridized carbons (Fsp3) is 1.00. The zero-order valence-electron chi connectivity index (χ0n) is 18.6. The van der Waals surface area contributed by atoms with Crippen molar-refractivity contribution in [2.24, 2.45) is 0 Å². The molecule has 0 aliphatic rings. The topological polar surface area (TPSA) is 20.2 Å². The van der Waals surface area contributed by atoms with Gasteiger partial charge in [0.05, 0.1) is 6.10 Å². The number of aliphatic hydroxyl groups is 1. The Morgan fingerprint density at radius 3 is 0.885 bits per heavy atom. The van der Waals surface area contributed by atoms with Crippen LogP contribution in [0.25, 0.3) is 0 Å². The monoisotopic (exact) mass is 368 g/mol. The third-order valence-corrected chi connectivity index (χ3v) is 5.73. The molecule has 0 saturated carbocycles. The van der Waals surface area contributed by atoms with Crippen LogP contribution in [0, 0.1) is 0 Å². The van der Waals surface area contributed by atoms with Gasteiger partial charge in [-0.05, 0) is 13.3 Å². The number of aliphatic hydroxyl groups excluding tert-OH is 1. The summed E-state index contributed by atoms with van der Waals surface area (Å²) in [4.78, 5) is 0. The first kappa shape index (κ1) is 26.0. The van der Waals surface area contributed by atoms with Crippen molar-refractivity contribution in [3.05, 3.63) is 0 Å². The summed E-state index contributed by atoms with van der Waals surface area (Å²) in [6.45, 7) is 4.20. The van der Waals surface area contributed by atoms with Gasteiger partial charge in [-0.15, -0.1) is 0 Å². The average molecular weight is 369 g/mol. The maximum Gasteiger partial charge on any atom is 0.0512 e. The molecule has 1 atom stereocenters. The molecule has 0 aromatic carbocycles. The Kier molecular flexibility index (Phi) is 23.0. The highest BCUT2D eigenvalue weighted by molar-refractivity contribution is 4.52. The Balaban J connectivity index is 2.97. The van der Waals surface area contributed by atoms with E-state index in [4.69, 9.17) is 0 Å². The van der Waals surface area contributed by atoms with Crippen molar-refractivity contribution >= 4 is 0 Å². The lowest BCUT2D eigenvalue weighted by molar-refractivity contribution is 0.180. The summed E-state index contributed by atoms with van der Waals surface area (Å²) in [5, 5.41) is 9.21. The van der Waals surface area contributed by atoms with Gasteiger partial charge in [-0.3, -0.25) is 0 Å². The molecule has 0 rings (SSSR count).